The van der Waals surface area contributed by atoms with Crippen LogP contribution in [-0.4, -0.2) is 4.92 Å². The Morgan fingerprint density at radius 2 is 2.16 bits per heavy atom. The van der Waals surface area contributed by atoms with Gasteiger partial charge in [-0.05, 0) is 31.5 Å². The molecule has 2 rings (SSSR count). The molecule has 19 heavy (non-hydrogen) atoms. The Balaban J connectivity index is 2.08. The van der Waals surface area contributed by atoms with Gasteiger partial charge >= 0.3 is 0 Å². The second kappa shape index (κ2) is 5.67. The Morgan fingerprint density at radius 1 is 1.37 bits per heavy atom. The van der Waals surface area contributed by atoms with Gasteiger partial charge in [0, 0.05) is 18.2 Å². The van der Waals surface area contributed by atoms with Crippen LogP contribution < -0.4 is 5.32 Å². The molecule has 0 aliphatic rings. The number of nitrogens with one attached hydrogen (secondary N) is 1. The van der Waals surface area contributed by atoms with E-state index in [2.05, 4.69) is 5.32 Å². The van der Waals surface area contributed by atoms with Crippen molar-refractivity contribution in [2.75, 3.05) is 0 Å². The molecule has 1 N–H and O–H groups in total. The summed E-state index contributed by atoms with van der Waals surface area (Å²) in [5.41, 5.74) is 1.78. The van der Waals surface area contributed by atoms with Gasteiger partial charge in [-0.3, -0.25) is 10.1 Å². The second-order valence-electron chi connectivity index (χ2n) is 4.44. The fourth-order valence-electron chi connectivity index (χ4n) is 1.96. The summed E-state index contributed by atoms with van der Waals surface area (Å²) in [6.07, 6.45) is 1.63. The summed E-state index contributed by atoms with van der Waals surface area (Å²) < 4.78 is 5.31. The van der Waals surface area contributed by atoms with Crippen molar-refractivity contribution in [2.45, 2.75) is 26.4 Å². The fourth-order valence-corrected chi connectivity index (χ4v) is 1.96. The van der Waals surface area contributed by atoms with E-state index in [9.17, 15) is 10.1 Å². The molecule has 0 bridgehead atoms. The minimum atomic E-state index is -0.352. The summed E-state index contributed by atoms with van der Waals surface area (Å²) in [5.74, 6) is 0.850. The second-order valence-corrected chi connectivity index (χ2v) is 4.44. The maximum atomic E-state index is 10.9. The van der Waals surface area contributed by atoms with E-state index >= 15 is 0 Å². The van der Waals surface area contributed by atoms with Crippen molar-refractivity contribution >= 4 is 5.69 Å². The van der Waals surface area contributed by atoms with Crippen LogP contribution in [0.4, 0.5) is 5.69 Å². The predicted molar refractivity (Wildman–Crippen MR) is 71.8 cm³/mol. The number of rotatable bonds is 5. The highest BCUT2D eigenvalue weighted by Gasteiger charge is 2.14. The molecule has 2 aromatic rings. The number of furan rings is 1. The van der Waals surface area contributed by atoms with Gasteiger partial charge in [-0.15, -0.1) is 0 Å². The van der Waals surface area contributed by atoms with Gasteiger partial charge in [-0.25, -0.2) is 0 Å². The molecule has 1 aromatic heterocycles. The van der Waals surface area contributed by atoms with Crippen LogP contribution in [0, 0.1) is 17.0 Å². The first-order valence-corrected chi connectivity index (χ1v) is 6.09. The molecule has 0 aliphatic heterocycles. The molecule has 0 spiro atoms. The lowest BCUT2D eigenvalue weighted by Crippen LogP contribution is -2.18. The van der Waals surface area contributed by atoms with E-state index in [0.29, 0.717) is 12.1 Å². The minimum Gasteiger partial charge on any atom is -0.468 e. The number of nitro benzene ring substituents is 1. The van der Waals surface area contributed by atoms with Crippen LogP contribution in [0.3, 0.4) is 0 Å². The molecule has 5 nitrogen and oxygen atoms in total. The van der Waals surface area contributed by atoms with Gasteiger partial charge in [0.25, 0.3) is 5.69 Å². The number of hydrogen-bond donors (Lipinski definition) is 1. The van der Waals surface area contributed by atoms with Crippen LogP contribution in [-0.2, 0) is 6.54 Å². The standard InChI is InChI=1S/C14H16N2O3/c1-10-12(5-3-6-13(10)16(17)18)9-15-11(2)14-7-4-8-19-14/h3-8,11,15H,9H2,1-2H3/t11-/m0/s1. The van der Waals surface area contributed by atoms with Gasteiger partial charge in [0.2, 0.25) is 0 Å². The number of benzene rings is 1. The molecule has 1 aromatic carbocycles. The summed E-state index contributed by atoms with van der Waals surface area (Å²) in [5, 5.41) is 14.2. The summed E-state index contributed by atoms with van der Waals surface area (Å²) >= 11 is 0. The molecule has 5 heteroatoms. The minimum absolute atomic E-state index is 0.0636. The number of nitrogens with zero attached hydrogens (tertiary/aromatic N) is 1. The highest BCUT2D eigenvalue weighted by atomic mass is 16.6. The summed E-state index contributed by atoms with van der Waals surface area (Å²) in [4.78, 5) is 10.5. The van der Waals surface area contributed by atoms with Crippen LogP contribution in [0.25, 0.3) is 0 Å². The molecular formula is C14H16N2O3. The van der Waals surface area contributed by atoms with Crippen molar-refractivity contribution in [3.63, 3.8) is 0 Å². The van der Waals surface area contributed by atoms with E-state index in [1.165, 1.54) is 6.07 Å². The van der Waals surface area contributed by atoms with Gasteiger partial charge in [-0.1, -0.05) is 12.1 Å². The largest absolute Gasteiger partial charge is 0.468 e. The molecule has 100 valence electrons. The van der Waals surface area contributed by atoms with Crippen LogP contribution in [0.1, 0.15) is 29.9 Å². The third-order valence-corrected chi connectivity index (χ3v) is 3.18. The van der Waals surface area contributed by atoms with Crippen molar-refractivity contribution < 1.29 is 9.34 Å². The number of hydrogen-bond acceptors (Lipinski definition) is 4. The molecule has 1 heterocycles. The first-order chi connectivity index (χ1) is 9.09. The van der Waals surface area contributed by atoms with E-state index < -0.39 is 0 Å². The lowest BCUT2D eigenvalue weighted by atomic mass is 10.1. The molecule has 0 radical (unpaired) electrons. The zero-order valence-electron chi connectivity index (χ0n) is 10.9. The van der Waals surface area contributed by atoms with Crippen molar-refractivity contribution in [1.29, 1.82) is 0 Å². The van der Waals surface area contributed by atoms with E-state index in [1.807, 2.05) is 25.1 Å². The highest BCUT2D eigenvalue weighted by molar-refractivity contribution is 5.44. The maximum absolute atomic E-state index is 10.9. The van der Waals surface area contributed by atoms with Gasteiger partial charge < -0.3 is 9.73 Å². The van der Waals surface area contributed by atoms with Crippen molar-refractivity contribution in [3.8, 4) is 0 Å². The van der Waals surface area contributed by atoms with Crippen LogP contribution in [0.5, 0.6) is 0 Å². The first-order valence-electron chi connectivity index (χ1n) is 6.09. The summed E-state index contributed by atoms with van der Waals surface area (Å²) in [6, 6.07) is 8.93. The average Bonchev–Trinajstić information content (AvgIpc) is 2.90. The molecule has 0 fully saturated rings. The Morgan fingerprint density at radius 3 is 2.79 bits per heavy atom. The van der Waals surface area contributed by atoms with Gasteiger partial charge in [0.05, 0.1) is 17.2 Å². The van der Waals surface area contributed by atoms with Crippen molar-refractivity contribution in [3.05, 3.63) is 63.6 Å². The molecule has 0 saturated heterocycles. The van der Waals surface area contributed by atoms with E-state index in [0.717, 1.165) is 11.3 Å². The third-order valence-electron chi connectivity index (χ3n) is 3.18. The molecular weight excluding hydrogens is 244 g/mol. The Labute approximate surface area is 111 Å². The first kappa shape index (κ1) is 13.3. The smallest absolute Gasteiger partial charge is 0.272 e. The van der Waals surface area contributed by atoms with Gasteiger partial charge in [0.1, 0.15) is 5.76 Å². The lowest BCUT2D eigenvalue weighted by molar-refractivity contribution is -0.385. The van der Waals surface area contributed by atoms with Gasteiger partial charge in [-0.2, -0.15) is 0 Å². The highest BCUT2D eigenvalue weighted by Crippen LogP contribution is 2.22. The Kier molecular flexibility index (Phi) is 3.97. The zero-order chi connectivity index (χ0) is 13.8. The molecule has 0 amide bonds. The normalized spacial score (nSPS) is 12.3. The SMILES string of the molecule is Cc1c(CN[C@@H](C)c2ccco2)cccc1[N+](=O)[O-]. The van der Waals surface area contributed by atoms with E-state index in [-0.39, 0.29) is 16.7 Å². The quantitative estimate of drug-likeness (QED) is 0.661. The Hall–Kier alpha value is -2.14. The fraction of sp³-hybridized carbons (Fsp3) is 0.286. The molecule has 0 aliphatic carbocycles. The Bertz CT molecular complexity index is 564. The van der Waals surface area contributed by atoms with Crippen molar-refractivity contribution in [2.24, 2.45) is 0 Å². The zero-order valence-corrected chi connectivity index (χ0v) is 10.9. The van der Waals surface area contributed by atoms with Crippen LogP contribution in [0.15, 0.2) is 41.0 Å². The maximum Gasteiger partial charge on any atom is 0.272 e. The third kappa shape index (κ3) is 3.00. The summed E-state index contributed by atoms with van der Waals surface area (Å²) in [6.45, 7) is 4.33. The molecule has 0 saturated carbocycles. The topological polar surface area (TPSA) is 68.3 Å². The van der Waals surface area contributed by atoms with E-state index in [4.69, 9.17) is 4.42 Å². The van der Waals surface area contributed by atoms with Gasteiger partial charge in [0.15, 0.2) is 0 Å². The lowest BCUT2D eigenvalue weighted by Gasteiger charge is -2.12. The number of nitro groups is 1. The van der Waals surface area contributed by atoms with Crippen LogP contribution >= 0.6 is 0 Å². The molecule has 0 unspecified atom stereocenters. The monoisotopic (exact) mass is 260 g/mol. The molecule has 1 atom stereocenters. The average molecular weight is 260 g/mol. The van der Waals surface area contributed by atoms with Crippen molar-refractivity contribution in [1.82, 2.24) is 5.32 Å². The summed E-state index contributed by atoms with van der Waals surface area (Å²) in [7, 11) is 0. The van der Waals surface area contributed by atoms with Crippen LogP contribution in [0.2, 0.25) is 0 Å². The van der Waals surface area contributed by atoms with E-state index in [1.54, 1.807) is 19.3 Å². The predicted octanol–water partition coefficient (Wildman–Crippen LogP) is 3.35.